The zero-order valence-electron chi connectivity index (χ0n) is 12.7. The van der Waals surface area contributed by atoms with Crippen molar-refractivity contribution in [1.29, 1.82) is 0 Å². The van der Waals surface area contributed by atoms with E-state index in [-0.39, 0.29) is 12.0 Å². The molecule has 0 aromatic carbocycles. The Balaban J connectivity index is 1.55. The summed E-state index contributed by atoms with van der Waals surface area (Å²) in [5.41, 5.74) is 6.01. The second-order valence-corrected chi connectivity index (χ2v) is 7.19. The van der Waals surface area contributed by atoms with Gasteiger partial charge in [0.1, 0.15) is 5.82 Å². The van der Waals surface area contributed by atoms with Crippen LogP contribution in [-0.2, 0) is 4.79 Å². The maximum absolute atomic E-state index is 12.6. The van der Waals surface area contributed by atoms with Crippen molar-refractivity contribution in [1.82, 2.24) is 9.88 Å². The van der Waals surface area contributed by atoms with Crippen LogP contribution in [0.1, 0.15) is 25.7 Å². The molecule has 0 radical (unpaired) electrons. The fourth-order valence-corrected chi connectivity index (χ4v) is 3.66. The molecule has 0 bridgehead atoms. The van der Waals surface area contributed by atoms with E-state index in [1.807, 2.05) is 23.2 Å². The van der Waals surface area contributed by atoms with Gasteiger partial charge in [-0.05, 0) is 47.3 Å². The smallest absolute Gasteiger partial charge is 0.225 e. The quantitative estimate of drug-likeness (QED) is 0.869. The summed E-state index contributed by atoms with van der Waals surface area (Å²) in [5, 5.41) is 0. The average molecular weight is 367 g/mol. The van der Waals surface area contributed by atoms with Crippen LogP contribution in [0.4, 0.5) is 5.82 Å². The Morgan fingerprint density at radius 1 is 1.23 bits per heavy atom. The fourth-order valence-electron chi connectivity index (χ4n) is 3.42. The molecule has 2 fully saturated rings. The van der Waals surface area contributed by atoms with Crippen LogP contribution in [0.25, 0.3) is 0 Å². The number of hydrogen-bond donors (Lipinski definition) is 1. The van der Waals surface area contributed by atoms with Crippen LogP contribution in [0.3, 0.4) is 0 Å². The Labute approximate surface area is 140 Å². The predicted octanol–water partition coefficient (Wildman–Crippen LogP) is 2.01. The van der Waals surface area contributed by atoms with E-state index in [0.717, 1.165) is 62.2 Å². The van der Waals surface area contributed by atoms with Gasteiger partial charge in [0, 0.05) is 48.8 Å². The van der Waals surface area contributed by atoms with Gasteiger partial charge in [-0.15, -0.1) is 0 Å². The molecule has 1 aliphatic carbocycles. The van der Waals surface area contributed by atoms with Crippen LogP contribution in [-0.4, -0.2) is 48.0 Å². The van der Waals surface area contributed by atoms with Crippen LogP contribution in [0.2, 0.25) is 0 Å². The van der Waals surface area contributed by atoms with Crippen molar-refractivity contribution in [2.75, 3.05) is 31.1 Å². The normalized spacial score (nSPS) is 26.1. The largest absolute Gasteiger partial charge is 0.353 e. The topological polar surface area (TPSA) is 62.5 Å². The van der Waals surface area contributed by atoms with Gasteiger partial charge in [0.2, 0.25) is 5.91 Å². The Morgan fingerprint density at radius 3 is 2.64 bits per heavy atom. The van der Waals surface area contributed by atoms with Gasteiger partial charge in [-0.1, -0.05) is 6.42 Å². The highest BCUT2D eigenvalue weighted by molar-refractivity contribution is 9.10. The van der Waals surface area contributed by atoms with Crippen molar-refractivity contribution in [3.8, 4) is 0 Å². The summed E-state index contributed by atoms with van der Waals surface area (Å²) < 4.78 is 0.985. The van der Waals surface area contributed by atoms with Crippen molar-refractivity contribution < 1.29 is 4.79 Å². The summed E-state index contributed by atoms with van der Waals surface area (Å²) in [6.45, 7) is 3.25. The third kappa shape index (κ3) is 3.60. The van der Waals surface area contributed by atoms with Gasteiger partial charge in [-0.2, -0.15) is 0 Å². The minimum Gasteiger partial charge on any atom is -0.353 e. The molecule has 22 heavy (non-hydrogen) atoms. The third-order valence-corrected chi connectivity index (χ3v) is 5.16. The Morgan fingerprint density at radius 2 is 2.00 bits per heavy atom. The highest BCUT2D eigenvalue weighted by Gasteiger charge is 2.30. The molecular weight excluding hydrogens is 344 g/mol. The minimum absolute atomic E-state index is 0.140. The minimum atomic E-state index is 0.140. The summed E-state index contributed by atoms with van der Waals surface area (Å²) in [5.74, 6) is 1.43. The molecule has 2 atom stereocenters. The Bertz CT molecular complexity index is 513. The molecular formula is C16H23BrN4O. The van der Waals surface area contributed by atoms with E-state index < -0.39 is 0 Å². The molecule has 3 rings (SSSR count). The van der Waals surface area contributed by atoms with E-state index in [9.17, 15) is 4.79 Å². The molecule has 2 N–H and O–H groups in total. The number of pyridine rings is 1. The second kappa shape index (κ2) is 6.96. The fraction of sp³-hybridized carbons (Fsp3) is 0.625. The van der Waals surface area contributed by atoms with Crippen molar-refractivity contribution in [2.45, 2.75) is 31.7 Å². The summed E-state index contributed by atoms with van der Waals surface area (Å²) in [6, 6.07) is 4.22. The zero-order valence-corrected chi connectivity index (χ0v) is 14.3. The number of anilines is 1. The first-order valence-corrected chi connectivity index (χ1v) is 8.83. The van der Waals surface area contributed by atoms with Gasteiger partial charge in [0.15, 0.2) is 0 Å². The highest BCUT2D eigenvalue weighted by atomic mass is 79.9. The van der Waals surface area contributed by atoms with Gasteiger partial charge in [-0.25, -0.2) is 4.98 Å². The van der Waals surface area contributed by atoms with E-state index in [2.05, 4.69) is 25.8 Å². The molecule has 0 unspecified atom stereocenters. The molecule has 1 aliphatic heterocycles. The number of hydrogen-bond acceptors (Lipinski definition) is 4. The summed E-state index contributed by atoms with van der Waals surface area (Å²) in [7, 11) is 0. The molecule has 1 aromatic heterocycles. The number of nitrogens with zero attached hydrogens (tertiary/aromatic N) is 3. The molecule has 1 aromatic rings. The van der Waals surface area contributed by atoms with Gasteiger partial charge >= 0.3 is 0 Å². The molecule has 1 saturated carbocycles. The predicted molar refractivity (Wildman–Crippen MR) is 90.7 cm³/mol. The summed E-state index contributed by atoms with van der Waals surface area (Å²) >= 11 is 3.40. The monoisotopic (exact) mass is 366 g/mol. The lowest BCUT2D eigenvalue weighted by molar-refractivity contribution is -0.137. The summed E-state index contributed by atoms with van der Waals surface area (Å²) in [4.78, 5) is 21.3. The molecule has 1 amide bonds. The molecule has 6 heteroatoms. The molecule has 1 saturated heterocycles. The van der Waals surface area contributed by atoms with Crippen LogP contribution in [0, 0.1) is 5.92 Å². The number of halogens is 1. The summed E-state index contributed by atoms with van der Waals surface area (Å²) in [6.07, 6.45) is 5.82. The van der Waals surface area contributed by atoms with E-state index in [1.54, 1.807) is 0 Å². The van der Waals surface area contributed by atoms with Crippen molar-refractivity contribution in [3.05, 3.63) is 22.8 Å². The number of amides is 1. The Kier molecular flexibility index (Phi) is 4.98. The third-order valence-electron chi connectivity index (χ3n) is 4.69. The lowest BCUT2D eigenvalue weighted by atomic mass is 9.85. The van der Waals surface area contributed by atoms with E-state index >= 15 is 0 Å². The first kappa shape index (κ1) is 15.7. The van der Waals surface area contributed by atoms with Crippen LogP contribution < -0.4 is 10.6 Å². The maximum Gasteiger partial charge on any atom is 0.225 e. The van der Waals surface area contributed by atoms with Crippen molar-refractivity contribution in [3.63, 3.8) is 0 Å². The van der Waals surface area contributed by atoms with Gasteiger partial charge in [0.05, 0.1) is 0 Å². The van der Waals surface area contributed by atoms with Crippen LogP contribution in [0.5, 0.6) is 0 Å². The van der Waals surface area contributed by atoms with Crippen molar-refractivity contribution in [2.24, 2.45) is 11.7 Å². The number of carbonyl (C=O) groups excluding carboxylic acids is 1. The first-order valence-electron chi connectivity index (χ1n) is 8.04. The average Bonchev–Trinajstić information content (AvgIpc) is 2.55. The second-order valence-electron chi connectivity index (χ2n) is 6.27. The number of nitrogens with two attached hydrogens (primary N) is 1. The molecule has 5 nitrogen and oxygen atoms in total. The molecule has 120 valence electrons. The van der Waals surface area contributed by atoms with Crippen LogP contribution >= 0.6 is 15.9 Å². The molecule has 2 heterocycles. The van der Waals surface area contributed by atoms with Gasteiger partial charge in [-0.3, -0.25) is 4.79 Å². The van der Waals surface area contributed by atoms with E-state index in [0.29, 0.717) is 5.91 Å². The number of carbonyl (C=O) groups is 1. The first-order chi connectivity index (χ1) is 10.6. The number of rotatable bonds is 2. The zero-order chi connectivity index (χ0) is 15.5. The standard InChI is InChI=1S/C16H23BrN4O/c17-13-4-5-15(19-11-13)20-6-8-21(9-7-20)16(22)12-2-1-3-14(18)10-12/h4-5,11-12,14H,1-3,6-10,18H2/t12-,14-/m1/s1. The SMILES string of the molecule is N[C@@H]1CCC[C@@H](C(=O)N2CCN(c3ccc(Br)cn3)CC2)C1. The molecule has 2 aliphatic rings. The lowest BCUT2D eigenvalue weighted by Crippen LogP contribution is -2.51. The van der Waals surface area contributed by atoms with E-state index in [4.69, 9.17) is 5.73 Å². The lowest BCUT2D eigenvalue weighted by Gasteiger charge is -2.38. The number of piperazine rings is 1. The Hall–Kier alpha value is -1.14. The maximum atomic E-state index is 12.6. The van der Waals surface area contributed by atoms with Crippen molar-refractivity contribution >= 4 is 27.7 Å². The highest BCUT2D eigenvalue weighted by Crippen LogP contribution is 2.26. The van der Waals surface area contributed by atoms with Gasteiger partial charge in [0.25, 0.3) is 0 Å². The van der Waals surface area contributed by atoms with Gasteiger partial charge < -0.3 is 15.5 Å². The number of aromatic nitrogens is 1. The molecule has 0 spiro atoms. The van der Waals surface area contributed by atoms with E-state index in [1.165, 1.54) is 0 Å². The van der Waals surface area contributed by atoms with Crippen LogP contribution in [0.15, 0.2) is 22.8 Å².